The second-order valence-electron chi connectivity index (χ2n) is 7.01. The van der Waals surface area contributed by atoms with E-state index in [1.165, 1.54) is 0 Å². The molecule has 1 N–H and O–H groups in total. The molecular formula is C25H25NO3. The summed E-state index contributed by atoms with van der Waals surface area (Å²) in [5.74, 6) is 0.285. The Hall–Kier alpha value is -3.40. The lowest BCUT2D eigenvalue weighted by Gasteiger charge is -2.20. The van der Waals surface area contributed by atoms with Crippen LogP contribution in [-0.4, -0.2) is 17.8 Å². The molecule has 1 atom stereocenters. The van der Waals surface area contributed by atoms with E-state index in [2.05, 4.69) is 5.32 Å². The molecule has 4 heteroatoms. The highest BCUT2D eigenvalue weighted by Crippen LogP contribution is 2.23. The first-order valence-corrected chi connectivity index (χ1v) is 9.73. The van der Waals surface area contributed by atoms with Crippen LogP contribution in [0.15, 0.2) is 72.8 Å². The molecule has 0 bridgehead atoms. The van der Waals surface area contributed by atoms with Crippen molar-refractivity contribution >= 4 is 17.4 Å². The highest BCUT2D eigenvalue weighted by Gasteiger charge is 2.22. The van der Waals surface area contributed by atoms with Crippen molar-refractivity contribution in [1.82, 2.24) is 0 Å². The fourth-order valence-corrected chi connectivity index (χ4v) is 3.06. The van der Waals surface area contributed by atoms with Gasteiger partial charge in [-0.05, 0) is 49.6 Å². The van der Waals surface area contributed by atoms with Gasteiger partial charge < -0.3 is 10.1 Å². The maximum atomic E-state index is 12.9. The summed E-state index contributed by atoms with van der Waals surface area (Å²) in [7, 11) is 0. The van der Waals surface area contributed by atoms with Gasteiger partial charge in [0.25, 0.3) is 5.91 Å². The average Bonchev–Trinajstić information content (AvgIpc) is 2.74. The Kier molecular flexibility index (Phi) is 6.45. The molecule has 4 nitrogen and oxygen atoms in total. The molecule has 0 fully saturated rings. The molecule has 1 amide bonds. The largest absolute Gasteiger partial charge is 0.480 e. The molecule has 3 rings (SSSR count). The summed E-state index contributed by atoms with van der Waals surface area (Å²) in [6.45, 7) is 5.84. The number of anilines is 1. The summed E-state index contributed by atoms with van der Waals surface area (Å²) in [6, 6.07) is 22.0. The van der Waals surface area contributed by atoms with Gasteiger partial charge in [0.15, 0.2) is 11.9 Å². The van der Waals surface area contributed by atoms with E-state index in [1.807, 2.05) is 57.2 Å². The van der Waals surface area contributed by atoms with Crippen LogP contribution in [0.2, 0.25) is 0 Å². The molecule has 0 aliphatic heterocycles. The number of hydrogen-bond donors (Lipinski definition) is 1. The third-order valence-corrected chi connectivity index (χ3v) is 4.74. The van der Waals surface area contributed by atoms with E-state index in [1.54, 1.807) is 36.4 Å². The lowest BCUT2D eigenvalue weighted by molar-refractivity contribution is -0.122. The molecule has 0 spiro atoms. The molecule has 3 aromatic rings. The summed E-state index contributed by atoms with van der Waals surface area (Å²) in [6.07, 6.45) is -0.149. The van der Waals surface area contributed by atoms with Crippen LogP contribution in [0.25, 0.3) is 0 Å². The molecule has 0 unspecified atom stereocenters. The molecular weight excluding hydrogens is 362 g/mol. The van der Waals surface area contributed by atoms with Crippen molar-refractivity contribution < 1.29 is 14.3 Å². The van der Waals surface area contributed by atoms with Gasteiger partial charge in [0, 0.05) is 11.1 Å². The Balaban J connectivity index is 1.81. The number of para-hydroxylation sites is 1. The summed E-state index contributed by atoms with van der Waals surface area (Å²) < 4.78 is 6.00. The Morgan fingerprint density at radius 3 is 2.34 bits per heavy atom. The topological polar surface area (TPSA) is 55.4 Å². The van der Waals surface area contributed by atoms with Crippen LogP contribution in [0.5, 0.6) is 5.75 Å². The smallest absolute Gasteiger partial charge is 0.265 e. The van der Waals surface area contributed by atoms with Crippen molar-refractivity contribution in [3.05, 3.63) is 95.1 Å². The Bertz CT molecular complexity index is 1010. The summed E-state index contributed by atoms with van der Waals surface area (Å²) in [5.41, 5.74) is 3.55. The molecule has 0 heterocycles. The predicted octanol–water partition coefficient (Wildman–Crippen LogP) is 5.33. The van der Waals surface area contributed by atoms with Gasteiger partial charge >= 0.3 is 0 Å². The zero-order valence-corrected chi connectivity index (χ0v) is 16.9. The monoisotopic (exact) mass is 387 g/mol. The van der Waals surface area contributed by atoms with Gasteiger partial charge in [-0.3, -0.25) is 9.59 Å². The molecule has 0 aliphatic carbocycles. The second kappa shape index (κ2) is 9.20. The van der Waals surface area contributed by atoms with Crippen molar-refractivity contribution in [3.8, 4) is 5.75 Å². The van der Waals surface area contributed by atoms with Crippen LogP contribution in [0.1, 0.15) is 40.4 Å². The molecule has 0 aliphatic rings. The molecule has 0 radical (unpaired) electrons. The summed E-state index contributed by atoms with van der Waals surface area (Å²) in [4.78, 5) is 25.8. The van der Waals surface area contributed by atoms with Crippen molar-refractivity contribution in [2.75, 3.05) is 5.32 Å². The zero-order chi connectivity index (χ0) is 20.8. The van der Waals surface area contributed by atoms with Crippen molar-refractivity contribution in [1.29, 1.82) is 0 Å². The number of aryl methyl sites for hydroxylation is 2. The molecule has 0 saturated heterocycles. The van der Waals surface area contributed by atoms with E-state index >= 15 is 0 Å². The number of benzene rings is 3. The minimum atomic E-state index is -0.657. The average molecular weight is 387 g/mol. The summed E-state index contributed by atoms with van der Waals surface area (Å²) in [5, 5.41) is 2.88. The van der Waals surface area contributed by atoms with Gasteiger partial charge in [-0.25, -0.2) is 0 Å². The van der Waals surface area contributed by atoms with E-state index in [9.17, 15) is 9.59 Å². The highest BCUT2D eigenvalue weighted by atomic mass is 16.5. The quantitative estimate of drug-likeness (QED) is 0.558. The van der Waals surface area contributed by atoms with Gasteiger partial charge in [-0.2, -0.15) is 0 Å². The predicted molar refractivity (Wildman–Crippen MR) is 116 cm³/mol. The highest BCUT2D eigenvalue weighted by molar-refractivity contribution is 6.14. The minimum Gasteiger partial charge on any atom is -0.480 e. The second-order valence-corrected chi connectivity index (χ2v) is 7.01. The van der Waals surface area contributed by atoms with Gasteiger partial charge in [0.1, 0.15) is 5.75 Å². The van der Waals surface area contributed by atoms with E-state index < -0.39 is 6.10 Å². The third-order valence-electron chi connectivity index (χ3n) is 4.74. The van der Waals surface area contributed by atoms with E-state index in [-0.39, 0.29) is 11.7 Å². The standard InChI is InChI=1S/C25H25NO3/c1-4-22(29-23-16-17(2)14-15-18(23)3)25(28)26-21-13-9-8-12-20(21)24(27)19-10-6-5-7-11-19/h5-16,22H,4H2,1-3H3,(H,26,28)/t22-/m0/s1. The number of nitrogens with one attached hydrogen (secondary N) is 1. The van der Waals surface area contributed by atoms with E-state index in [0.717, 1.165) is 11.1 Å². The molecule has 29 heavy (non-hydrogen) atoms. The van der Waals surface area contributed by atoms with Crippen LogP contribution < -0.4 is 10.1 Å². The van der Waals surface area contributed by atoms with Crippen LogP contribution in [-0.2, 0) is 4.79 Å². The van der Waals surface area contributed by atoms with E-state index in [0.29, 0.717) is 29.0 Å². The fraction of sp³-hybridized carbons (Fsp3) is 0.200. The van der Waals surface area contributed by atoms with Crippen molar-refractivity contribution in [2.45, 2.75) is 33.3 Å². The van der Waals surface area contributed by atoms with E-state index in [4.69, 9.17) is 4.74 Å². The summed E-state index contributed by atoms with van der Waals surface area (Å²) >= 11 is 0. The molecule has 0 saturated carbocycles. The van der Waals surface area contributed by atoms with Gasteiger partial charge in [-0.1, -0.05) is 61.5 Å². The number of amides is 1. The lowest BCUT2D eigenvalue weighted by Crippen LogP contribution is -2.33. The zero-order valence-electron chi connectivity index (χ0n) is 16.9. The normalized spacial score (nSPS) is 11.6. The SMILES string of the molecule is CC[C@H](Oc1cc(C)ccc1C)C(=O)Nc1ccccc1C(=O)c1ccccc1. The first kappa shape index (κ1) is 20.3. The van der Waals surface area contributed by atoms with Crippen molar-refractivity contribution in [3.63, 3.8) is 0 Å². The fourth-order valence-electron chi connectivity index (χ4n) is 3.06. The minimum absolute atomic E-state index is 0.134. The first-order chi connectivity index (χ1) is 14.0. The molecule has 148 valence electrons. The maximum Gasteiger partial charge on any atom is 0.265 e. The molecule has 0 aromatic heterocycles. The van der Waals surface area contributed by atoms with Gasteiger partial charge in [0.2, 0.25) is 0 Å². The Morgan fingerprint density at radius 2 is 1.62 bits per heavy atom. The number of carbonyl (C=O) groups excluding carboxylic acids is 2. The molecule has 3 aromatic carbocycles. The maximum absolute atomic E-state index is 12.9. The van der Waals surface area contributed by atoms with Crippen LogP contribution in [0, 0.1) is 13.8 Å². The number of rotatable bonds is 7. The van der Waals surface area contributed by atoms with Gasteiger partial charge in [-0.15, -0.1) is 0 Å². The van der Waals surface area contributed by atoms with Crippen LogP contribution in [0.3, 0.4) is 0 Å². The number of ketones is 1. The number of hydrogen-bond acceptors (Lipinski definition) is 3. The van der Waals surface area contributed by atoms with Gasteiger partial charge in [0.05, 0.1) is 5.69 Å². The number of ether oxygens (including phenoxy) is 1. The van der Waals surface area contributed by atoms with Crippen molar-refractivity contribution in [2.24, 2.45) is 0 Å². The number of carbonyl (C=O) groups is 2. The third kappa shape index (κ3) is 4.91. The van der Waals surface area contributed by atoms with Crippen LogP contribution >= 0.6 is 0 Å². The Labute approximate surface area is 171 Å². The van der Waals surface area contributed by atoms with Crippen LogP contribution in [0.4, 0.5) is 5.69 Å². The Morgan fingerprint density at radius 1 is 0.931 bits per heavy atom. The first-order valence-electron chi connectivity index (χ1n) is 9.73. The lowest BCUT2D eigenvalue weighted by atomic mass is 10.0.